The van der Waals surface area contributed by atoms with E-state index >= 15 is 0 Å². The second-order valence-electron chi connectivity index (χ2n) is 7.32. The van der Waals surface area contributed by atoms with Crippen molar-refractivity contribution in [1.29, 1.82) is 0 Å². The molecule has 1 amide bonds. The second-order valence-corrected chi connectivity index (χ2v) is 9.07. The number of ether oxygens (including phenoxy) is 1. The van der Waals surface area contributed by atoms with Crippen LogP contribution in [0.15, 0.2) is 30.3 Å². The summed E-state index contributed by atoms with van der Waals surface area (Å²) in [6, 6.07) is 8.45. The predicted octanol–water partition coefficient (Wildman–Crippen LogP) is 3.79. The zero-order valence-electron chi connectivity index (χ0n) is 15.8. The van der Waals surface area contributed by atoms with Crippen molar-refractivity contribution >= 4 is 16.2 Å². The first-order valence-corrected chi connectivity index (χ1v) is 9.84. The summed E-state index contributed by atoms with van der Waals surface area (Å²) in [5.41, 5.74) is 0.0103. The van der Waals surface area contributed by atoms with Gasteiger partial charge >= 0.3 is 6.09 Å². The lowest BCUT2D eigenvalue weighted by molar-refractivity contribution is 0.0505. The lowest BCUT2D eigenvalue weighted by atomic mass is 10.1. The number of carbonyl (C=O) groups excluding carboxylic acids is 1. The number of amides is 1. The highest BCUT2D eigenvalue weighted by Crippen LogP contribution is 2.29. The van der Waals surface area contributed by atoms with Crippen LogP contribution in [-0.4, -0.2) is 32.3 Å². The van der Waals surface area contributed by atoms with Gasteiger partial charge in [0.25, 0.3) is 10.1 Å². The zero-order chi connectivity index (χ0) is 19.3. The number of nitrogens with one attached hydrogen (secondary N) is 1. The zero-order valence-corrected chi connectivity index (χ0v) is 16.6. The summed E-state index contributed by atoms with van der Waals surface area (Å²) in [4.78, 5) is 11.9. The fourth-order valence-corrected chi connectivity index (χ4v) is 4.00. The SMILES string of the molecule is CC(C)OS(=O)(=O)[C@H](C[C@H](C)NC(=O)OC(C)(C)C)c1ccccc1. The van der Waals surface area contributed by atoms with Gasteiger partial charge in [-0.2, -0.15) is 8.42 Å². The highest BCUT2D eigenvalue weighted by Gasteiger charge is 2.31. The number of hydrogen-bond acceptors (Lipinski definition) is 5. The molecule has 0 radical (unpaired) electrons. The molecule has 0 spiro atoms. The summed E-state index contributed by atoms with van der Waals surface area (Å²) in [6.45, 7) is 10.4. The molecule has 0 aliphatic heterocycles. The van der Waals surface area contributed by atoms with Gasteiger partial charge < -0.3 is 10.1 Å². The smallest absolute Gasteiger partial charge is 0.407 e. The minimum Gasteiger partial charge on any atom is -0.444 e. The molecule has 7 heteroatoms. The highest BCUT2D eigenvalue weighted by molar-refractivity contribution is 7.87. The molecule has 6 nitrogen and oxygen atoms in total. The average molecular weight is 371 g/mol. The van der Waals surface area contributed by atoms with Crippen LogP contribution in [0.1, 0.15) is 58.8 Å². The summed E-state index contributed by atoms with van der Waals surface area (Å²) in [6.07, 6.45) is -0.850. The van der Waals surface area contributed by atoms with Gasteiger partial charge in [0.2, 0.25) is 0 Å². The van der Waals surface area contributed by atoms with Crippen molar-refractivity contribution in [2.24, 2.45) is 0 Å². The highest BCUT2D eigenvalue weighted by atomic mass is 32.2. The number of carbonyl (C=O) groups is 1. The van der Waals surface area contributed by atoms with Gasteiger partial charge in [-0.15, -0.1) is 0 Å². The first kappa shape index (κ1) is 21.4. The molecule has 25 heavy (non-hydrogen) atoms. The van der Waals surface area contributed by atoms with E-state index in [-0.39, 0.29) is 6.42 Å². The molecule has 2 atom stereocenters. The van der Waals surface area contributed by atoms with Gasteiger partial charge in [-0.3, -0.25) is 4.18 Å². The maximum Gasteiger partial charge on any atom is 0.407 e. The maximum atomic E-state index is 12.6. The summed E-state index contributed by atoms with van der Waals surface area (Å²) in [5, 5.41) is 1.81. The molecule has 0 fully saturated rings. The molecule has 0 aromatic heterocycles. The fraction of sp³-hybridized carbons (Fsp3) is 0.611. The van der Waals surface area contributed by atoms with Crippen molar-refractivity contribution in [3.63, 3.8) is 0 Å². The number of rotatable bonds is 7. The van der Waals surface area contributed by atoms with Gasteiger partial charge in [-0.1, -0.05) is 30.3 Å². The van der Waals surface area contributed by atoms with Gasteiger partial charge in [0, 0.05) is 6.04 Å². The number of benzene rings is 1. The molecule has 0 aliphatic carbocycles. The van der Waals surface area contributed by atoms with E-state index in [2.05, 4.69) is 5.32 Å². The Balaban J connectivity index is 2.93. The Morgan fingerprint density at radius 1 is 1.12 bits per heavy atom. The third kappa shape index (κ3) is 7.88. The molecule has 0 unspecified atom stereocenters. The van der Waals surface area contributed by atoms with E-state index in [9.17, 15) is 13.2 Å². The van der Waals surface area contributed by atoms with Crippen LogP contribution in [-0.2, 0) is 19.0 Å². The third-order valence-electron chi connectivity index (χ3n) is 3.18. The van der Waals surface area contributed by atoms with Crippen molar-refractivity contribution in [1.82, 2.24) is 5.32 Å². The molecule has 1 rings (SSSR count). The topological polar surface area (TPSA) is 81.7 Å². The Labute approximate surface area is 151 Å². The van der Waals surface area contributed by atoms with Crippen LogP contribution in [0, 0.1) is 0 Å². The van der Waals surface area contributed by atoms with Gasteiger partial charge in [0.05, 0.1) is 6.10 Å². The van der Waals surface area contributed by atoms with Gasteiger partial charge in [-0.25, -0.2) is 4.79 Å². The molecule has 1 aromatic carbocycles. The van der Waals surface area contributed by atoms with E-state index in [0.29, 0.717) is 5.56 Å². The molecule has 0 saturated heterocycles. The van der Waals surface area contributed by atoms with Crippen molar-refractivity contribution in [3.05, 3.63) is 35.9 Å². The number of hydrogen-bond donors (Lipinski definition) is 1. The minimum atomic E-state index is -3.83. The van der Waals surface area contributed by atoms with Gasteiger partial charge in [0.1, 0.15) is 10.9 Å². The molecular formula is C18H29NO5S. The standard InChI is InChI=1S/C18H29NO5S/c1-13(2)24-25(21,22)16(15-10-8-7-9-11-15)12-14(3)19-17(20)23-18(4,5)6/h7-11,13-14,16H,12H2,1-6H3,(H,19,20)/t14-,16+/m0/s1. The van der Waals surface area contributed by atoms with E-state index < -0.39 is 39.2 Å². The van der Waals surface area contributed by atoms with Crippen LogP contribution in [0.2, 0.25) is 0 Å². The van der Waals surface area contributed by atoms with Crippen molar-refractivity contribution in [2.45, 2.75) is 71.0 Å². The molecule has 142 valence electrons. The van der Waals surface area contributed by atoms with Gasteiger partial charge in [-0.05, 0) is 53.5 Å². The molecule has 1 N–H and O–H groups in total. The van der Waals surface area contributed by atoms with Crippen molar-refractivity contribution < 1.29 is 22.1 Å². The minimum absolute atomic E-state index is 0.179. The summed E-state index contributed by atoms with van der Waals surface area (Å²) in [5.74, 6) is 0. The largest absolute Gasteiger partial charge is 0.444 e. The van der Waals surface area contributed by atoms with Crippen LogP contribution in [0.5, 0.6) is 0 Å². The summed E-state index contributed by atoms with van der Waals surface area (Å²) < 4.78 is 35.6. The van der Waals surface area contributed by atoms with Crippen LogP contribution < -0.4 is 5.32 Å². The van der Waals surface area contributed by atoms with E-state index in [0.717, 1.165) is 0 Å². The molecule has 0 aliphatic rings. The monoisotopic (exact) mass is 371 g/mol. The first-order valence-electron chi connectivity index (χ1n) is 8.37. The predicted molar refractivity (Wildman–Crippen MR) is 97.8 cm³/mol. The summed E-state index contributed by atoms with van der Waals surface area (Å²) >= 11 is 0. The van der Waals surface area contributed by atoms with Crippen LogP contribution >= 0.6 is 0 Å². The Kier molecular flexibility index (Phi) is 7.44. The molecule has 0 heterocycles. The lowest BCUT2D eigenvalue weighted by Gasteiger charge is -2.25. The first-order chi connectivity index (χ1) is 11.4. The molecular weight excluding hydrogens is 342 g/mol. The number of alkyl carbamates (subject to hydrolysis) is 1. The fourth-order valence-electron chi connectivity index (χ4n) is 2.31. The van der Waals surface area contributed by atoms with Crippen molar-refractivity contribution in [3.8, 4) is 0 Å². The van der Waals surface area contributed by atoms with Crippen molar-refractivity contribution in [2.75, 3.05) is 0 Å². The third-order valence-corrected chi connectivity index (χ3v) is 4.99. The summed E-state index contributed by atoms with van der Waals surface area (Å²) in [7, 11) is -3.83. The normalized spacial score (nSPS) is 14.8. The second kappa shape index (κ2) is 8.67. The van der Waals surface area contributed by atoms with Crippen LogP contribution in [0.3, 0.4) is 0 Å². The maximum absolute atomic E-state index is 12.6. The molecule has 0 saturated carbocycles. The van der Waals surface area contributed by atoms with Crippen LogP contribution in [0.4, 0.5) is 4.79 Å². The Morgan fingerprint density at radius 3 is 2.16 bits per heavy atom. The quantitative estimate of drug-likeness (QED) is 0.738. The van der Waals surface area contributed by atoms with E-state index in [1.54, 1.807) is 65.8 Å². The Hall–Kier alpha value is -1.60. The molecule has 1 aromatic rings. The van der Waals surface area contributed by atoms with E-state index in [1.165, 1.54) is 0 Å². The van der Waals surface area contributed by atoms with E-state index in [4.69, 9.17) is 8.92 Å². The molecule has 0 bridgehead atoms. The van der Waals surface area contributed by atoms with Gasteiger partial charge in [0.15, 0.2) is 0 Å². The van der Waals surface area contributed by atoms with Crippen LogP contribution in [0.25, 0.3) is 0 Å². The lowest BCUT2D eigenvalue weighted by Crippen LogP contribution is -2.39. The Bertz CT molecular complexity index is 650. The Morgan fingerprint density at radius 2 is 1.68 bits per heavy atom. The van der Waals surface area contributed by atoms with E-state index in [1.807, 2.05) is 6.07 Å². The average Bonchev–Trinajstić information content (AvgIpc) is 2.42.